The predicted octanol–water partition coefficient (Wildman–Crippen LogP) is 2.57. The lowest BCUT2D eigenvalue weighted by Gasteiger charge is -2.41. The van der Waals surface area contributed by atoms with Gasteiger partial charge in [-0.3, -0.25) is 4.90 Å². The average molecular weight is 248 g/mol. The minimum atomic E-state index is -0.0712. The Balaban J connectivity index is 1.83. The van der Waals surface area contributed by atoms with E-state index in [1.165, 1.54) is 12.8 Å². The molecule has 1 aromatic carbocycles. The Labute approximate surface area is 108 Å². The summed E-state index contributed by atoms with van der Waals surface area (Å²) in [5, 5.41) is 3.48. The first-order chi connectivity index (χ1) is 8.77. The second-order valence-electron chi connectivity index (χ2n) is 5.56. The van der Waals surface area contributed by atoms with Gasteiger partial charge in [-0.1, -0.05) is 18.2 Å². The summed E-state index contributed by atoms with van der Waals surface area (Å²) in [5.41, 5.74) is 0.838. The third-order valence-corrected chi connectivity index (χ3v) is 4.57. The van der Waals surface area contributed by atoms with E-state index < -0.39 is 0 Å². The van der Waals surface area contributed by atoms with Crippen molar-refractivity contribution in [3.05, 3.63) is 35.6 Å². The molecule has 0 aromatic heterocycles. The van der Waals surface area contributed by atoms with Crippen LogP contribution in [-0.4, -0.2) is 30.6 Å². The molecule has 0 radical (unpaired) electrons. The van der Waals surface area contributed by atoms with Crippen molar-refractivity contribution < 1.29 is 4.39 Å². The topological polar surface area (TPSA) is 15.3 Å². The van der Waals surface area contributed by atoms with Crippen molar-refractivity contribution >= 4 is 0 Å². The molecule has 2 heterocycles. The van der Waals surface area contributed by atoms with Gasteiger partial charge in [0.15, 0.2) is 0 Å². The van der Waals surface area contributed by atoms with Crippen molar-refractivity contribution in [2.45, 2.75) is 31.8 Å². The molecule has 3 rings (SSSR count). The Bertz CT molecular complexity index is 421. The fraction of sp³-hybridized carbons (Fsp3) is 0.600. The molecule has 2 nitrogen and oxygen atoms in total. The number of halogens is 1. The maximum Gasteiger partial charge on any atom is 0.127 e. The van der Waals surface area contributed by atoms with Crippen molar-refractivity contribution in [1.29, 1.82) is 0 Å². The second-order valence-corrected chi connectivity index (χ2v) is 5.56. The van der Waals surface area contributed by atoms with Crippen LogP contribution in [0.15, 0.2) is 24.3 Å². The van der Waals surface area contributed by atoms with Gasteiger partial charge in [0.05, 0.1) is 0 Å². The van der Waals surface area contributed by atoms with Gasteiger partial charge in [-0.25, -0.2) is 4.39 Å². The number of hydrogen-bond acceptors (Lipinski definition) is 2. The zero-order chi connectivity index (χ0) is 12.5. The Morgan fingerprint density at radius 1 is 1.33 bits per heavy atom. The largest absolute Gasteiger partial charge is 0.315 e. The van der Waals surface area contributed by atoms with E-state index in [4.69, 9.17) is 0 Å². The summed E-state index contributed by atoms with van der Waals surface area (Å²) in [7, 11) is 0. The molecule has 0 bridgehead atoms. The Morgan fingerprint density at radius 2 is 2.17 bits per heavy atom. The van der Waals surface area contributed by atoms with Gasteiger partial charge in [-0.05, 0) is 44.8 Å². The van der Waals surface area contributed by atoms with E-state index in [1.807, 2.05) is 12.1 Å². The van der Waals surface area contributed by atoms with Crippen LogP contribution in [0, 0.1) is 11.7 Å². The Morgan fingerprint density at radius 3 is 3.00 bits per heavy atom. The molecule has 2 aliphatic rings. The molecular formula is C15H21FN2. The number of hydrogen-bond donors (Lipinski definition) is 1. The maximum atomic E-state index is 13.9. The van der Waals surface area contributed by atoms with Crippen LogP contribution in [0.3, 0.4) is 0 Å². The van der Waals surface area contributed by atoms with E-state index in [1.54, 1.807) is 12.1 Å². The monoisotopic (exact) mass is 248 g/mol. The molecule has 0 spiro atoms. The highest BCUT2D eigenvalue weighted by Crippen LogP contribution is 2.33. The van der Waals surface area contributed by atoms with E-state index in [9.17, 15) is 4.39 Å². The molecule has 2 aliphatic heterocycles. The molecule has 2 saturated heterocycles. The summed E-state index contributed by atoms with van der Waals surface area (Å²) in [4.78, 5) is 2.49. The molecule has 3 heteroatoms. The smallest absolute Gasteiger partial charge is 0.127 e. The summed E-state index contributed by atoms with van der Waals surface area (Å²) >= 11 is 0. The predicted molar refractivity (Wildman–Crippen MR) is 70.9 cm³/mol. The molecular weight excluding hydrogens is 227 g/mol. The van der Waals surface area contributed by atoms with Crippen LogP contribution in [0.2, 0.25) is 0 Å². The molecule has 0 aliphatic carbocycles. The standard InChI is InChI=1S/C15H21FN2/c1-11(13-6-2-3-7-14(13)16)18-8-4-5-12-9-17-10-15(12)18/h2-3,6-7,11-12,15,17H,4-5,8-10H2,1H3. The highest BCUT2D eigenvalue weighted by Gasteiger charge is 2.37. The molecule has 3 atom stereocenters. The minimum Gasteiger partial charge on any atom is -0.315 e. The lowest BCUT2D eigenvalue weighted by atomic mass is 9.89. The zero-order valence-corrected chi connectivity index (χ0v) is 10.9. The van der Waals surface area contributed by atoms with Crippen LogP contribution >= 0.6 is 0 Å². The van der Waals surface area contributed by atoms with Crippen LogP contribution in [0.4, 0.5) is 4.39 Å². The maximum absolute atomic E-state index is 13.9. The number of benzene rings is 1. The van der Waals surface area contributed by atoms with Crippen LogP contribution in [0.25, 0.3) is 0 Å². The van der Waals surface area contributed by atoms with Crippen LogP contribution in [-0.2, 0) is 0 Å². The summed E-state index contributed by atoms with van der Waals surface area (Å²) in [6.45, 7) is 5.42. The summed E-state index contributed by atoms with van der Waals surface area (Å²) in [6, 6.07) is 7.96. The van der Waals surface area contributed by atoms with Crippen LogP contribution < -0.4 is 5.32 Å². The van der Waals surface area contributed by atoms with Gasteiger partial charge in [-0.2, -0.15) is 0 Å². The quantitative estimate of drug-likeness (QED) is 0.865. The highest BCUT2D eigenvalue weighted by atomic mass is 19.1. The minimum absolute atomic E-state index is 0.0712. The first-order valence-electron chi connectivity index (χ1n) is 6.98. The van der Waals surface area contributed by atoms with Crippen LogP contribution in [0.1, 0.15) is 31.4 Å². The number of likely N-dealkylation sites (tertiary alicyclic amines) is 1. The molecule has 1 aromatic rings. The van der Waals surface area contributed by atoms with Gasteiger partial charge in [-0.15, -0.1) is 0 Å². The lowest BCUT2D eigenvalue weighted by Crippen LogP contribution is -2.46. The average Bonchev–Trinajstić information content (AvgIpc) is 2.86. The van der Waals surface area contributed by atoms with Gasteiger partial charge < -0.3 is 5.32 Å². The van der Waals surface area contributed by atoms with E-state index in [0.717, 1.165) is 31.1 Å². The molecule has 1 N–H and O–H groups in total. The molecule has 3 unspecified atom stereocenters. The van der Waals surface area contributed by atoms with Gasteiger partial charge >= 0.3 is 0 Å². The van der Waals surface area contributed by atoms with Crippen LogP contribution in [0.5, 0.6) is 0 Å². The summed E-state index contributed by atoms with van der Waals surface area (Å²) in [6.07, 6.45) is 2.56. The first kappa shape index (κ1) is 12.1. The Kier molecular flexibility index (Phi) is 3.35. The number of fused-ring (bicyclic) bond motifs is 1. The summed E-state index contributed by atoms with van der Waals surface area (Å²) < 4.78 is 13.9. The molecule has 98 valence electrons. The third-order valence-electron chi connectivity index (χ3n) is 4.57. The molecule has 0 saturated carbocycles. The van der Waals surface area contributed by atoms with Crippen molar-refractivity contribution in [3.63, 3.8) is 0 Å². The van der Waals surface area contributed by atoms with Gasteiger partial charge in [0.25, 0.3) is 0 Å². The molecule has 2 fully saturated rings. The normalized spacial score (nSPS) is 30.1. The van der Waals surface area contributed by atoms with Crippen molar-refractivity contribution in [2.24, 2.45) is 5.92 Å². The van der Waals surface area contributed by atoms with E-state index in [0.29, 0.717) is 6.04 Å². The number of nitrogens with zero attached hydrogens (tertiary/aromatic N) is 1. The van der Waals surface area contributed by atoms with E-state index in [-0.39, 0.29) is 11.9 Å². The third kappa shape index (κ3) is 2.06. The van der Waals surface area contributed by atoms with Gasteiger partial charge in [0, 0.05) is 24.2 Å². The first-order valence-corrected chi connectivity index (χ1v) is 6.98. The number of rotatable bonds is 2. The second kappa shape index (κ2) is 4.98. The molecule has 0 amide bonds. The Hall–Kier alpha value is -0.930. The SMILES string of the molecule is CC(c1ccccc1F)N1CCCC2CNCC21. The van der Waals surface area contributed by atoms with Crippen molar-refractivity contribution in [3.8, 4) is 0 Å². The number of nitrogens with one attached hydrogen (secondary N) is 1. The highest BCUT2D eigenvalue weighted by molar-refractivity contribution is 5.21. The fourth-order valence-corrected chi connectivity index (χ4v) is 3.58. The molecule has 18 heavy (non-hydrogen) atoms. The fourth-order valence-electron chi connectivity index (χ4n) is 3.58. The number of piperidine rings is 1. The van der Waals surface area contributed by atoms with E-state index in [2.05, 4.69) is 17.1 Å². The van der Waals surface area contributed by atoms with Gasteiger partial charge in [0.1, 0.15) is 5.82 Å². The zero-order valence-electron chi connectivity index (χ0n) is 10.9. The van der Waals surface area contributed by atoms with Crippen molar-refractivity contribution in [2.75, 3.05) is 19.6 Å². The summed E-state index contributed by atoms with van der Waals surface area (Å²) in [5.74, 6) is 0.686. The lowest BCUT2D eigenvalue weighted by molar-refractivity contribution is 0.0831. The van der Waals surface area contributed by atoms with E-state index >= 15 is 0 Å². The van der Waals surface area contributed by atoms with Crippen molar-refractivity contribution in [1.82, 2.24) is 10.2 Å². The van der Waals surface area contributed by atoms with Gasteiger partial charge in [0.2, 0.25) is 0 Å².